The van der Waals surface area contributed by atoms with Gasteiger partial charge in [0.05, 0.1) is 5.60 Å². The first-order chi connectivity index (χ1) is 3.06. The van der Waals surface area contributed by atoms with E-state index in [9.17, 15) is 4.79 Å². The van der Waals surface area contributed by atoms with Crippen LogP contribution in [0.5, 0.6) is 0 Å². The zero-order valence-corrected chi connectivity index (χ0v) is 10.7. The minimum absolute atomic E-state index is 0. The van der Waals surface area contributed by atoms with E-state index in [1.165, 1.54) is 6.47 Å². The molecule has 3 heteroatoms. The Labute approximate surface area is 98.8 Å². The molecule has 0 aromatic rings. The molecule has 0 fully saturated rings. The van der Waals surface area contributed by atoms with Gasteiger partial charge in [-0.3, -0.25) is 0 Å². The van der Waals surface area contributed by atoms with E-state index in [0.717, 1.165) is 0 Å². The van der Waals surface area contributed by atoms with Gasteiger partial charge in [-0.05, 0) is 20.8 Å². The number of hydrogen-bond donors (Lipinski definition) is 0. The molecule has 0 aliphatic rings. The topological polar surface area (TPSA) is 26.3 Å². The molecule has 0 bridgehead atoms. The summed E-state index contributed by atoms with van der Waals surface area (Å²) in [4.78, 5) is 9.47. The van der Waals surface area contributed by atoms with Gasteiger partial charge in [-0.15, -0.1) is 0 Å². The fourth-order valence-corrected chi connectivity index (χ4v) is 0.125. The number of carbonyl (C=O) groups excluding carboxylic acids is 1. The van der Waals surface area contributed by atoms with E-state index in [4.69, 9.17) is 0 Å². The van der Waals surface area contributed by atoms with Crippen molar-refractivity contribution in [1.29, 1.82) is 0 Å². The molecule has 0 atom stereocenters. The SMILES string of the molecule is CC(C)(C)O[C-]=O.[Rb+]. The first-order valence-electron chi connectivity index (χ1n) is 2.11. The molecule has 0 saturated heterocycles. The molecule has 0 aliphatic carbocycles. The predicted octanol–water partition coefficient (Wildman–Crippen LogP) is -2.13. The standard InChI is InChI=1S/C5H9O2.Rb/c1-5(2,3)7-4-6;/h1-3H3;/q-1;+1. The third-order valence-corrected chi connectivity index (χ3v) is 0.348. The monoisotopic (exact) mass is 186 g/mol. The van der Waals surface area contributed by atoms with Crippen LogP contribution in [0.1, 0.15) is 20.8 Å². The van der Waals surface area contributed by atoms with Crippen molar-refractivity contribution >= 4 is 6.47 Å². The predicted molar refractivity (Wildman–Crippen MR) is 26.5 cm³/mol. The van der Waals surface area contributed by atoms with Crippen LogP contribution in [0.3, 0.4) is 0 Å². The molecule has 0 heterocycles. The summed E-state index contributed by atoms with van der Waals surface area (Å²) in [6.45, 7) is 6.73. The molecule has 0 amide bonds. The maximum absolute atomic E-state index is 9.47. The van der Waals surface area contributed by atoms with Crippen LogP contribution in [0.4, 0.5) is 0 Å². The molecule has 2 nitrogen and oxygen atoms in total. The summed E-state index contributed by atoms with van der Waals surface area (Å²) in [7, 11) is 0. The van der Waals surface area contributed by atoms with Crippen LogP contribution in [0.2, 0.25) is 0 Å². The first-order valence-corrected chi connectivity index (χ1v) is 2.11. The van der Waals surface area contributed by atoms with E-state index in [0.29, 0.717) is 0 Å². The summed E-state index contributed by atoms with van der Waals surface area (Å²) in [6.07, 6.45) is 0. The van der Waals surface area contributed by atoms with Crippen molar-refractivity contribution in [2.45, 2.75) is 26.4 Å². The van der Waals surface area contributed by atoms with E-state index in [1.807, 2.05) is 0 Å². The summed E-state index contributed by atoms with van der Waals surface area (Å²) in [5.41, 5.74) is -0.373. The van der Waals surface area contributed by atoms with E-state index in [-0.39, 0.29) is 63.8 Å². The molecule has 0 saturated carbocycles. The Hall–Kier alpha value is 1.28. The maximum atomic E-state index is 9.47. The quantitative estimate of drug-likeness (QED) is 0.438. The molecule has 0 aliphatic heterocycles. The first kappa shape index (κ1) is 12.0. The fraction of sp³-hybridized carbons (Fsp3) is 0.800. The second kappa shape index (κ2) is 5.09. The van der Waals surface area contributed by atoms with E-state index >= 15 is 0 Å². The third kappa shape index (κ3) is 10.3. The Balaban J connectivity index is 0. The molecule has 0 aromatic carbocycles. The Morgan fingerprint density at radius 2 is 1.75 bits per heavy atom. The molecule has 0 radical (unpaired) electrons. The van der Waals surface area contributed by atoms with E-state index in [2.05, 4.69) is 4.74 Å². The van der Waals surface area contributed by atoms with Gasteiger partial charge in [-0.2, -0.15) is 0 Å². The molecule has 42 valence electrons. The van der Waals surface area contributed by atoms with Crippen molar-refractivity contribution in [3.8, 4) is 0 Å². The van der Waals surface area contributed by atoms with Crippen LogP contribution in [0.25, 0.3) is 0 Å². The van der Waals surface area contributed by atoms with Crippen LogP contribution < -0.4 is 58.2 Å². The zero-order chi connectivity index (χ0) is 5.91. The number of ether oxygens (including phenoxy) is 1. The molecule has 0 aromatic heterocycles. The van der Waals surface area contributed by atoms with Gasteiger partial charge in [0.2, 0.25) is 0 Å². The molecule has 0 unspecified atom stereocenters. The van der Waals surface area contributed by atoms with Gasteiger partial charge in [0.25, 0.3) is 0 Å². The summed E-state index contributed by atoms with van der Waals surface area (Å²) in [5.74, 6) is 0. The maximum Gasteiger partial charge on any atom is 1.00 e. The van der Waals surface area contributed by atoms with Crippen LogP contribution >= 0.6 is 0 Å². The van der Waals surface area contributed by atoms with Gasteiger partial charge in [0.15, 0.2) is 0 Å². The second-order valence-corrected chi connectivity index (χ2v) is 2.30. The van der Waals surface area contributed by atoms with Gasteiger partial charge in [0, 0.05) is 0 Å². The van der Waals surface area contributed by atoms with Gasteiger partial charge in [0.1, 0.15) is 0 Å². The number of rotatable bonds is 1. The summed E-state index contributed by atoms with van der Waals surface area (Å²) in [6, 6.07) is 0. The summed E-state index contributed by atoms with van der Waals surface area (Å²) < 4.78 is 4.42. The molecule has 0 N–H and O–H groups in total. The van der Waals surface area contributed by atoms with Gasteiger partial charge in [-0.1, -0.05) is 6.47 Å². The molecular weight excluding hydrogens is 178 g/mol. The second-order valence-electron chi connectivity index (χ2n) is 2.30. The van der Waals surface area contributed by atoms with Gasteiger partial charge < -0.3 is 9.53 Å². The van der Waals surface area contributed by atoms with Crippen LogP contribution in [-0.2, 0) is 9.53 Å². The molecule has 0 rings (SSSR count). The minimum Gasteiger partial charge on any atom is -0.649 e. The van der Waals surface area contributed by atoms with Crippen molar-refractivity contribution in [3.05, 3.63) is 0 Å². The summed E-state index contributed by atoms with van der Waals surface area (Å²) in [5, 5.41) is 0. The van der Waals surface area contributed by atoms with Crippen LogP contribution in [0, 0.1) is 0 Å². The molecular formula is C5H9O2Rb. The smallest absolute Gasteiger partial charge is 0.649 e. The molecule has 0 spiro atoms. The van der Waals surface area contributed by atoms with Crippen molar-refractivity contribution in [1.82, 2.24) is 0 Å². The Kier molecular flexibility index (Phi) is 7.64. The average Bonchev–Trinajstić information content (AvgIpc) is 1.30. The van der Waals surface area contributed by atoms with Gasteiger partial charge >= 0.3 is 58.2 Å². The largest absolute Gasteiger partial charge is 1.00 e. The normalized spacial score (nSPS) is 9.38. The van der Waals surface area contributed by atoms with Crippen molar-refractivity contribution < 1.29 is 67.7 Å². The Morgan fingerprint density at radius 3 is 1.75 bits per heavy atom. The Morgan fingerprint density at radius 1 is 1.38 bits per heavy atom. The van der Waals surface area contributed by atoms with Gasteiger partial charge in [-0.25, -0.2) is 0 Å². The Bertz CT molecular complexity index is 65.3. The zero-order valence-electron chi connectivity index (χ0n) is 5.82. The average molecular weight is 187 g/mol. The van der Waals surface area contributed by atoms with Crippen LogP contribution in [0.15, 0.2) is 0 Å². The van der Waals surface area contributed by atoms with E-state index in [1.54, 1.807) is 20.8 Å². The molecule has 8 heavy (non-hydrogen) atoms. The summed E-state index contributed by atoms with van der Waals surface area (Å²) >= 11 is 0. The minimum atomic E-state index is -0.373. The van der Waals surface area contributed by atoms with Crippen molar-refractivity contribution in [2.75, 3.05) is 0 Å². The van der Waals surface area contributed by atoms with Crippen molar-refractivity contribution in [2.24, 2.45) is 0 Å². The fourth-order valence-electron chi connectivity index (χ4n) is 0.125. The third-order valence-electron chi connectivity index (χ3n) is 0.348. The van der Waals surface area contributed by atoms with Crippen LogP contribution in [-0.4, -0.2) is 12.1 Å². The van der Waals surface area contributed by atoms with E-state index < -0.39 is 0 Å². The van der Waals surface area contributed by atoms with Crippen molar-refractivity contribution in [3.63, 3.8) is 0 Å². The number of hydrogen-bond acceptors (Lipinski definition) is 2.